The molecule has 1 rings (SSSR count). The van der Waals surface area contributed by atoms with Crippen LogP contribution in [0.25, 0.3) is 0 Å². The molecule has 2 heteroatoms. The summed E-state index contributed by atoms with van der Waals surface area (Å²) in [5.41, 5.74) is 0. The van der Waals surface area contributed by atoms with Crippen molar-refractivity contribution in [3.63, 3.8) is 0 Å². The van der Waals surface area contributed by atoms with E-state index in [2.05, 4.69) is 49.6 Å². The third-order valence-electron chi connectivity index (χ3n) is 7.73. The number of aromatic nitrogens is 2. The lowest BCUT2D eigenvalue weighted by atomic mass is 9.96. The molecule has 0 aliphatic carbocycles. The number of nitrogens with one attached hydrogen (secondary N) is 1. The van der Waals surface area contributed by atoms with Crippen LogP contribution in [-0.4, -0.2) is 4.98 Å². The van der Waals surface area contributed by atoms with Crippen molar-refractivity contribution in [3.8, 4) is 0 Å². The summed E-state index contributed by atoms with van der Waals surface area (Å²) in [7, 11) is 0. The van der Waals surface area contributed by atoms with Gasteiger partial charge in [-0.15, -0.1) is 0 Å². The smallest absolute Gasteiger partial charge is 0.247 e. The van der Waals surface area contributed by atoms with Crippen molar-refractivity contribution in [1.82, 2.24) is 4.98 Å². The van der Waals surface area contributed by atoms with Crippen LogP contribution in [-0.2, 0) is 0 Å². The van der Waals surface area contributed by atoms with E-state index < -0.39 is 0 Å². The van der Waals surface area contributed by atoms with Gasteiger partial charge in [0, 0.05) is 0 Å². The zero-order chi connectivity index (χ0) is 24.0. The molecule has 2 atom stereocenters. The summed E-state index contributed by atoms with van der Waals surface area (Å²) >= 11 is 0. The highest BCUT2D eigenvalue weighted by molar-refractivity contribution is 4.89. The monoisotopic (exact) mass is 461 g/mol. The predicted octanol–water partition coefficient (Wildman–Crippen LogP) is 10.6. The first kappa shape index (κ1) is 30.2. The van der Waals surface area contributed by atoms with Crippen molar-refractivity contribution in [2.75, 3.05) is 0 Å². The Morgan fingerprint density at radius 3 is 1.52 bits per heavy atom. The number of hydrogen-bond acceptors (Lipinski definition) is 0. The molecule has 1 N–H and O–H groups in total. The molecular weight excluding hydrogens is 400 g/mol. The molecule has 2 unspecified atom stereocenters. The quantitative estimate of drug-likeness (QED) is 0.117. The maximum absolute atomic E-state index is 3.60. The van der Waals surface area contributed by atoms with Gasteiger partial charge in [0.05, 0.1) is 12.0 Å². The third-order valence-corrected chi connectivity index (χ3v) is 7.73. The van der Waals surface area contributed by atoms with E-state index >= 15 is 0 Å². The average molecular weight is 462 g/mol. The van der Waals surface area contributed by atoms with Gasteiger partial charge in [0.25, 0.3) is 5.82 Å². The van der Waals surface area contributed by atoms with Crippen LogP contribution in [0.1, 0.15) is 187 Å². The number of nitrogens with zero attached hydrogens (tertiary/aromatic N) is 1. The lowest BCUT2D eigenvalue weighted by molar-refractivity contribution is -0.727. The summed E-state index contributed by atoms with van der Waals surface area (Å²) in [6.07, 6.45) is 35.5. The van der Waals surface area contributed by atoms with Crippen LogP contribution < -0.4 is 4.57 Å². The second kappa shape index (κ2) is 21.7. The zero-order valence-electron chi connectivity index (χ0n) is 23.3. The van der Waals surface area contributed by atoms with Crippen LogP contribution in [0.5, 0.6) is 0 Å². The fourth-order valence-corrected chi connectivity index (χ4v) is 5.37. The Labute approximate surface area is 208 Å². The molecule has 1 heterocycles. The fraction of sp³-hybridized carbons (Fsp3) is 0.903. The Bertz CT molecular complexity index is 521. The molecule has 0 spiro atoms. The lowest BCUT2D eigenvalue weighted by Crippen LogP contribution is -2.41. The summed E-state index contributed by atoms with van der Waals surface area (Å²) in [6.45, 7) is 9.38. The molecule has 0 saturated carbocycles. The van der Waals surface area contributed by atoms with Gasteiger partial charge in [-0.3, -0.25) is 0 Å². The van der Waals surface area contributed by atoms with E-state index in [1.54, 1.807) is 0 Å². The van der Waals surface area contributed by atoms with Crippen molar-refractivity contribution < 1.29 is 4.57 Å². The Morgan fingerprint density at radius 2 is 1.03 bits per heavy atom. The zero-order valence-corrected chi connectivity index (χ0v) is 23.3. The first-order valence-corrected chi connectivity index (χ1v) is 15.3. The van der Waals surface area contributed by atoms with Gasteiger partial charge in [0.15, 0.2) is 0 Å². The highest BCUT2D eigenvalue weighted by Gasteiger charge is 2.24. The predicted molar refractivity (Wildman–Crippen MR) is 147 cm³/mol. The molecule has 2 nitrogen and oxygen atoms in total. The lowest BCUT2D eigenvalue weighted by Gasteiger charge is -2.15. The van der Waals surface area contributed by atoms with E-state index in [4.69, 9.17) is 0 Å². The van der Waals surface area contributed by atoms with Gasteiger partial charge in [-0.1, -0.05) is 136 Å². The van der Waals surface area contributed by atoms with Crippen LogP contribution in [0, 0.1) is 0 Å². The molecular formula is C31H61N2+. The molecule has 1 aromatic heterocycles. The molecule has 0 aliphatic heterocycles. The molecule has 0 bridgehead atoms. The average Bonchev–Trinajstić information content (AvgIpc) is 3.31. The number of imidazole rings is 1. The second-order valence-electron chi connectivity index (χ2n) is 10.8. The summed E-state index contributed by atoms with van der Waals surface area (Å²) in [6, 6.07) is 0.623. The Hall–Kier alpha value is -0.790. The Kier molecular flexibility index (Phi) is 19.9. The summed E-state index contributed by atoms with van der Waals surface area (Å²) < 4.78 is 2.55. The molecule has 0 aromatic carbocycles. The molecule has 194 valence electrons. The molecule has 0 fully saturated rings. The van der Waals surface area contributed by atoms with Gasteiger partial charge < -0.3 is 0 Å². The minimum absolute atomic E-state index is 0.623. The second-order valence-corrected chi connectivity index (χ2v) is 10.8. The van der Waals surface area contributed by atoms with Crippen LogP contribution >= 0.6 is 0 Å². The van der Waals surface area contributed by atoms with E-state index in [0.29, 0.717) is 12.0 Å². The van der Waals surface area contributed by atoms with Gasteiger partial charge in [-0.25, -0.2) is 9.55 Å². The Morgan fingerprint density at radius 1 is 0.606 bits per heavy atom. The van der Waals surface area contributed by atoms with Crippen molar-refractivity contribution in [2.45, 2.75) is 181 Å². The standard InChI is InChI=1S/C31H60N2/c1-5-8-10-12-13-14-15-16-17-18-19-20-21-22-23-25-29(4)33-28-27-32-31(33)30(7-3)26-24-11-9-6-2/h27-30H,5-26H2,1-4H3/p+1. The highest BCUT2D eigenvalue weighted by Crippen LogP contribution is 2.24. The Balaban J connectivity index is 2.06. The molecule has 0 saturated heterocycles. The maximum Gasteiger partial charge on any atom is 0.257 e. The van der Waals surface area contributed by atoms with E-state index in [-0.39, 0.29) is 0 Å². The van der Waals surface area contributed by atoms with E-state index in [9.17, 15) is 0 Å². The van der Waals surface area contributed by atoms with Crippen LogP contribution in [0.2, 0.25) is 0 Å². The summed E-state index contributed by atoms with van der Waals surface area (Å²) in [4.78, 5) is 3.60. The maximum atomic E-state index is 3.60. The molecule has 1 aromatic rings. The first-order valence-electron chi connectivity index (χ1n) is 15.3. The fourth-order valence-electron chi connectivity index (χ4n) is 5.37. The topological polar surface area (TPSA) is 19.7 Å². The third kappa shape index (κ3) is 14.9. The van der Waals surface area contributed by atoms with Crippen LogP contribution in [0.3, 0.4) is 0 Å². The summed E-state index contributed by atoms with van der Waals surface area (Å²) in [5, 5.41) is 0. The molecule has 33 heavy (non-hydrogen) atoms. The van der Waals surface area contributed by atoms with Crippen LogP contribution in [0.15, 0.2) is 12.4 Å². The number of H-pyrrole nitrogens is 1. The number of unbranched alkanes of at least 4 members (excludes halogenated alkanes) is 17. The minimum Gasteiger partial charge on any atom is -0.247 e. The van der Waals surface area contributed by atoms with Gasteiger partial charge in [0.2, 0.25) is 0 Å². The number of aromatic amines is 1. The summed E-state index contributed by atoms with van der Waals surface area (Å²) in [5.74, 6) is 2.17. The molecule has 0 aliphatic rings. The SMILES string of the molecule is CCCCCCCCCCCCCCCCCC(C)[n+]1cc[nH]c1C(CC)CCCCCC. The van der Waals surface area contributed by atoms with E-state index in [1.165, 1.54) is 147 Å². The number of hydrogen-bond donors (Lipinski definition) is 1. The first-order chi connectivity index (χ1) is 16.2. The minimum atomic E-state index is 0.623. The van der Waals surface area contributed by atoms with Crippen LogP contribution in [0.4, 0.5) is 0 Å². The van der Waals surface area contributed by atoms with Crippen molar-refractivity contribution in [3.05, 3.63) is 18.2 Å². The van der Waals surface area contributed by atoms with Crippen molar-refractivity contribution in [1.29, 1.82) is 0 Å². The van der Waals surface area contributed by atoms with Crippen molar-refractivity contribution >= 4 is 0 Å². The number of rotatable bonds is 24. The molecule has 0 radical (unpaired) electrons. The van der Waals surface area contributed by atoms with Gasteiger partial charge in [-0.2, -0.15) is 0 Å². The van der Waals surface area contributed by atoms with Gasteiger partial charge >= 0.3 is 0 Å². The van der Waals surface area contributed by atoms with E-state index in [0.717, 1.165) is 0 Å². The van der Waals surface area contributed by atoms with Crippen molar-refractivity contribution in [2.24, 2.45) is 0 Å². The van der Waals surface area contributed by atoms with E-state index in [1.807, 2.05) is 0 Å². The van der Waals surface area contributed by atoms with Gasteiger partial charge in [0.1, 0.15) is 12.4 Å². The molecule has 0 amide bonds. The normalized spacial score (nSPS) is 13.5. The largest absolute Gasteiger partial charge is 0.257 e. The highest BCUT2D eigenvalue weighted by atomic mass is 15.1. The van der Waals surface area contributed by atoms with Gasteiger partial charge in [-0.05, 0) is 32.6 Å².